The molecule has 0 aromatic heterocycles. The summed E-state index contributed by atoms with van der Waals surface area (Å²) < 4.78 is 2.67. The van der Waals surface area contributed by atoms with Gasteiger partial charge in [-0.25, -0.2) is 4.72 Å². The fraction of sp³-hybridized carbons (Fsp3) is 0.700. The molecule has 1 atom stereocenters. The maximum Gasteiger partial charge on any atom is 0.242 e. The minimum absolute atomic E-state index is 0.384. The van der Waals surface area contributed by atoms with Gasteiger partial charge in [0.05, 0.1) is 0 Å². The van der Waals surface area contributed by atoms with Crippen molar-refractivity contribution >= 4 is 18.7 Å². The van der Waals surface area contributed by atoms with E-state index in [1.807, 2.05) is 6.08 Å². The predicted octanol–water partition coefficient (Wildman–Crippen LogP) is 1.56. The molecule has 80 valence electrons. The van der Waals surface area contributed by atoms with Gasteiger partial charge in [0.1, 0.15) is 5.54 Å². The van der Waals surface area contributed by atoms with Crippen LogP contribution in [-0.4, -0.2) is 11.4 Å². The molecule has 4 heteroatoms. The summed E-state index contributed by atoms with van der Waals surface area (Å²) >= 11 is 3.94. The molecule has 0 bridgehead atoms. The van der Waals surface area contributed by atoms with Gasteiger partial charge in [-0.3, -0.25) is 4.79 Å². The molecule has 1 amide bonds. The number of primary amides is 1. The molecule has 0 spiro atoms. The van der Waals surface area contributed by atoms with Crippen molar-refractivity contribution in [3.8, 4) is 0 Å². The number of hydrogen-bond donors (Lipinski definition) is 3. The molecule has 3 nitrogen and oxygen atoms in total. The molecule has 1 aliphatic rings. The molecule has 1 rings (SSSR count). The number of thiol groups is 1. The van der Waals surface area contributed by atoms with Gasteiger partial charge in [0, 0.05) is 0 Å². The van der Waals surface area contributed by atoms with Gasteiger partial charge < -0.3 is 5.73 Å². The summed E-state index contributed by atoms with van der Waals surface area (Å²) in [4.78, 5) is 11.2. The average Bonchev–Trinajstić information content (AvgIpc) is 2.19. The number of nitrogens with one attached hydrogen (secondary N) is 1. The van der Waals surface area contributed by atoms with E-state index in [1.165, 1.54) is 24.8 Å². The highest BCUT2D eigenvalue weighted by atomic mass is 32.1. The molecule has 1 aliphatic carbocycles. The lowest BCUT2D eigenvalue weighted by molar-refractivity contribution is -0.121. The van der Waals surface area contributed by atoms with Crippen LogP contribution in [0.25, 0.3) is 0 Å². The Morgan fingerprint density at radius 1 is 1.50 bits per heavy atom. The van der Waals surface area contributed by atoms with Crippen LogP contribution in [0.2, 0.25) is 0 Å². The van der Waals surface area contributed by atoms with Crippen molar-refractivity contribution in [2.75, 3.05) is 0 Å². The Balaban J connectivity index is 2.75. The van der Waals surface area contributed by atoms with Crippen LogP contribution in [-0.2, 0) is 4.79 Å². The summed E-state index contributed by atoms with van der Waals surface area (Å²) in [7, 11) is 0. The van der Waals surface area contributed by atoms with Gasteiger partial charge in [0.25, 0.3) is 0 Å². The van der Waals surface area contributed by atoms with Gasteiger partial charge in [0.15, 0.2) is 0 Å². The molecule has 0 aromatic rings. The zero-order valence-corrected chi connectivity index (χ0v) is 9.44. The number of amides is 1. The Kier molecular flexibility index (Phi) is 4.01. The first kappa shape index (κ1) is 11.6. The Labute approximate surface area is 90.7 Å². The summed E-state index contributed by atoms with van der Waals surface area (Å²) in [5.74, 6) is -0.384. The fourth-order valence-electron chi connectivity index (χ4n) is 1.72. The Morgan fingerprint density at radius 3 is 2.50 bits per heavy atom. The lowest BCUT2D eigenvalue weighted by Gasteiger charge is -2.24. The molecule has 14 heavy (non-hydrogen) atoms. The SMILES string of the molecule is C[C@](C=C1CCCCC1)(NS)C(N)=O. The molecule has 0 aromatic carbocycles. The largest absolute Gasteiger partial charge is 0.368 e. The van der Waals surface area contributed by atoms with Crippen molar-refractivity contribution in [3.63, 3.8) is 0 Å². The zero-order valence-electron chi connectivity index (χ0n) is 8.55. The van der Waals surface area contributed by atoms with Crippen molar-refractivity contribution in [1.82, 2.24) is 4.72 Å². The van der Waals surface area contributed by atoms with Gasteiger partial charge in [-0.1, -0.05) is 30.9 Å². The van der Waals surface area contributed by atoms with Crippen molar-refractivity contribution in [2.45, 2.75) is 44.6 Å². The summed E-state index contributed by atoms with van der Waals surface area (Å²) in [5, 5.41) is 0. The molecule has 1 saturated carbocycles. The monoisotopic (exact) mass is 214 g/mol. The highest BCUT2D eigenvalue weighted by Crippen LogP contribution is 2.25. The number of allylic oxidation sites excluding steroid dienone is 1. The zero-order chi connectivity index (χ0) is 10.6. The second-order valence-corrected chi connectivity index (χ2v) is 4.27. The Hall–Kier alpha value is -0.480. The molecule has 0 radical (unpaired) electrons. The van der Waals surface area contributed by atoms with E-state index in [2.05, 4.69) is 17.5 Å². The third-order valence-corrected chi connectivity index (χ3v) is 3.20. The molecule has 0 heterocycles. The minimum Gasteiger partial charge on any atom is -0.368 e. The highest BCUT2D eigenvalue weighted by Gasteiger charge is 2.27. The molecule has 3 N–H and O–H groups in total. The third-order valence-electron chi connectivity index (χ3n) is 2.73. The maximum atomic E-state index is 11.2. The quantitative estimate of drug-likeness (QED) is 0.493. The molecule has 0 unspecified atom stereocenters. The Bertz CT molecular complexity index is 245. The average molecular weight is 214 g/mol. The summed E-state index contributed by atoms with van der Waals surface area (Å²) in [6, 6.07) is 0. The second-order valence-electron chi connectivity index (χ2n) is 4.04. The van der Waals surface area contributed by atoms with Crippen LogP contribution in [0, 0.1) is 0 Å². The number of carbonyl (C=O) groups is 1. The lowest BCUT2D eigenvalue weighted by Crippen LogP contribution is -2.48. The van der Waals surface area contributed by atoms with Crippen molar-refractivity contribution in [2.24, 2.45) is 5.73 Å². The minimum atomic E-state index is -0.810. The van der Waals surface area contributed by atoms with Crippen LogP contribution in [0.4, 0.5) is 0 Å². The fourth-order valence-corrected chi connectivity index (χ4v) is 1.89. The van der Waals surface area contributed by atoms with E-state index in [0.717, 1.165) is 12.8 Å². The van der Waals surface area contributed by atoms with Crippen LogP contribution in [0.3, 0.4) is 0 Å². The van der Waals surface area contributed by atoms with E-state index >= 15 is 0 Å². The van der Waals surface area contributed by atoms with Crippen molar-refractivity contribution in [3.05, 3.63) is 11.6 Å². The van der Waals surface area contributed by atoms with Crippen LogP contribution in [0.1, 0.15) is 39.0 Å². The van der Waals surface area contributed by atoms with Crippen molar-refractivity contribution < 1.29 is 4.79 Å². The summed E-state index contributed by atoms with van der Waals surface area (Å²) in [5.41, 5.74) is 5.81. The standard InChI is InChI=1S/C10H18N2OS/c1-10(12-14,9(11)13)7-8-5-3-2-4-6-8/h7,12,14H,2-6H2,1H3,(H2,11,13)/t10-/m1/s1. The summed E-state index contributed by atoms with van der Waals surface area (Å²) in [6.45, 7) is 1.75. The van der Waals surface area contributed by atoms with Gasteiger partial charge in [-0.05, 0) is 32.6 Å². The van der Waals surface area contributed by atoms with E-state index in [4.69, 9.17) is 5.73 Å². The highest BCUT2D eigenvalue weighted by molar-refractivity contribution is 7.78. The molecule has 0 aliphatic heterocycles. The first-order chi connectivity index (χ1) is 6.58. The van der Waals surface area contributed by atoms with Crippen LogP contribution < -0.4 is 10.5 Å². The number of rotatable bonds is 3. The number of nitrogens with two attached hydrogens (primary N) is 1. The maximum absolute atomic E-state index is 11.2. The van der Waals surface area contributed by atoms with E-state index in [0.29, 0.717) is 0 Å². The van der Waals surface area contributed by atoms with Crippen molar-refractivity contribution in [1.29, 1.82) is 0 Å². The van der Waals surface area contributed by atoms with E-state index < -0.39 is 5.54 Å². The molecular weight excluding hydrogens is 196 g/mol. The molecule has 0 saturated heterocycles. The topological polar surface area (TPSA) is 55.1 Å². The smallest absolute Gasteiger partial charge is 0.242 e. The molecule has 1 fully saturated rings. The first-order valence-corrected chi connectivity index (χ1v) is 5.45. The lowest BCUT2D eigenvalue weighted by atomic mass is 9.89. The predicted molar refractivity (Wildman–Crippen MR) is 60.9 cm³/mol. The molecular formula is C10H18N2OS. The number of carbonyl (C=O) groups excluding carboxylic acids is 1. The van der Waals surface area contributed by atoms with Gasteiger partial charge >= 0.3 is 0 Å². The van der Waals surface area contributed by atoms with Gasteiger partial charge in [-0.2, -0.15) is 0 Å². The van der Waals surface area contributed by atoms with Gasteiger partial charge in [0.2, 0.25) is 5.91 Å². The second kappa shape index (κ2) is 4.84. The van der Waals surface area contributed by atoms with E-state index in [1.54, 1.807) is 6.92 Å². The third kappa shape index (κ3) is 2.75. The van der Waals surface area contributed by atoms with Gasteiger partial charge in [-0.15, -0.1) is 0 Å². The van der Waals surface area contributed by atoms with Crippen LogP contribution in [0.15, 0.2) is 11.6 Å². The summed E-state index contributed by atoms with van der Waals surface area (Å²) in [6.07, 6.45) is 7.82. The normalized spacial score (nSPS) is 21.4. The van der Waals surface area contributed by atoms with E-state index in [9.17, 15) is 4.79 Å². The van der Waals surface area contributed by atoms with Crippen LogP contribution in [0.5, 0.6) is 0 Å². The Morgan fingerprint density at radius 2 is 2.07 bits per heavy atom. The first-order valence-electron chi connectivity index (χ1n) is 5.00. The number of hydrogen-bond acceptors (Lipinski definition) is 3. The van der Waals surface area contributed by atoms with E-state index in [-0.39, 0.29) is 5.91 Å². The van der Waals surface area contributed by atoms with Crippen LogP contribution >= 0.6 is 12.8 Å².